The van der Waals surface area contributed by atoms with Crippen LogP contribution in [0.15, 0.2) is 77.7 Å². The third-order valence-corrected chi connectivity index (χ3v) is 6.20. The molecular formula is C22H22N4O2S. The molecule has 0 spiro atoms. The van der Waals surface area contributed by atoms with Crippen molar-refractivity contribution >= 4 is 32.7 Å². The van der Waals surface area contributed by atoms with Crippen LogP contribution < -0.4 is 10.0 Å². The van der Waals surface area contributed by atoms with Crippen LogP contribution >= 0.6 is 0 Å². The summed E-state index contributed by atoms with van der Waals surface area (Å²) in [5, 5.41) is 3.31. The maximum absolute atomic E-state index is 12.8. The number of aryl methyl sites for hydroxylation is 2. The van der Waals surface area contributed by atoms with Gasteiger partial charge in [0.15, 0.2) is 0 Å². The molecule has 29 heavy (non-hydrogen) atoms. The van der Waals surface area contributed by atoms with E-state index in [1.165, 1.54) is 0 Å². The van der Waals surface area contributed by atoms with Gasteiger partial charge in [0.1, 0.15) is 0 Å². The summed E-state index contributed by atoms with van der Waals surface area (Å²) >= 11 is 0. The van der Waals surface area contributed by atoms with Gasteiger partial charge in [-0.25, -0.2) is 13.4 Å². The lowest BCUT2D eigenvalue weighted by Gasteiger charge is -2.14. The van der Waals surface area contributed by atoms with E-state index >= 15 is 0 Å². The van der Waals surface area contributed by atoms with Gasteiger partial charge >= 0.3 is 0 Å². The molecule has 0 fully saturated rings. The Morgan fingerprint density at radius 1 is 0.931 bits per heavy atom. The first-order valence-electron chi connectivity index (χ1n) is 9.27. The number of hydrogen-bond acceptors (Lipinski definition) is 4. The molecule has 3 aromatic carbocycles. The van der Waals surface area contributed by atoms with Crippen LogP contribution in [-0.4, -0.2) is 18.0 Å². The van der Waals surface area contributed by atoms with Gasteiger partial charge in [0, 0.05) is 13.6 Å². The zero-order valence-electron chi connectivity index (χ0n) is 16.3. The minimum absolute atomic E-state index is 0.237. The van der Waals surface area contributed by atoms with Crippen molar-refractivity contribution in [3.05, 3.63) is 83.9 Å². The number of fused-ring (bicyclic) bond motifs is 1. The molecule has 148 valence electrons. The van der Waals surface area contributed by atoms with E-state index in [2.05, 4.69) is 15.0 Å². The van der Waals surface area contributed by atoms with E-state index in [0.717, 1.165) is 28.1 Å². The van der Waals surface area contributed by atoms with E-state index in [9.17, 15) is 8.42 Å². The van der Waals surface area contributed by atoms with Crippen molar-refractivity contribution in [2.75, 3.05) is 10.0 Å². The maximum Gasteiger partial charge on any atom is 0.261 e. The topological polar surface area (TPSA) is 76.0 Å². The standard InChI is InChI=1S/C22H22N4O2S/c1-16-11-13-18(14-12-16)29(27,28)25-19-8-4-3-7-17(19)15-23-22-24-20-9-5-6-10-21(20)26(22)2/h3-14,25H,15H2,1-2H3,(H,23,24). The van der Waals surface area contributed by atoms with Gasteiger partial charge in [0.2, 0.25) is 5.95 Å². The number of sulfonamides is 1. The lowest BCUT2D eigenvalue weighted by Crippen LogP contribution is -2.15. The highest BCUT2D eigenvalue weighted by Crippen LogP contribution is 2.23. The number of nitrogens with zero attached hydrogens (tertiary/aromatic N) is 2. The molecule has 0 amide bonds. The molecule has 0 radical (unpaired) electrons. The summed E-state index contributed by atoms with van der Waals surface area (Å²) in [5.74, 6) is 0.724. The van der Waals surface area contributed by atoms with Crippen molar-refractivity contribution in [3.63, 3.8) is 0 Å². The number of imidazole rings is 1. The lowest BCUT2D eigenvalue weighted by atomic mass is 10.2. The monoisotopic (exact) mass is 406 g/mol. The van der Waals surface area contributed by atoms with Crippen molar-refractivity contribution in [1.29, 1.82) is 0 Å². The fourth-order valence-corrected chi connectivity index (χ4v) is 4.27. The number of rotatable bonds is 6. The van der Waals surface area contributed by atoms with Crippen molar-refractivity contribution in [2.45, 2.75) is 18.4 Å². The number of hydrogen-bond donors (Lipinski definition) is 2. The lowest BCUT2D eigenvalue weighted by molar-refractivity contribution is 0.601. The first-order valence-corrected chi connectivity index (χ1v) is 10.7. The van der Waals surface area contributed by atoms with Gasteiger partial charge in [-0.2, -0.15) is 0 Å². The highest BCUT2D eigenvalue weighted by Gasteiger charge is 2.16. The zero-order chi connectivity index (χ0) is 20.4. The predicted molar refractivity (Wildman–Crippen MR) is 116 cm³/mol. The van der Waals surface area contributed by atoms with Crippen LogP contribution in [0, 0.1) is 6.92 Å². The summed E-state index contributed by atoms with van der Waals surface area (Å²) in [4.78, 5) is 4.84. The summed E-state index contributed by atoms with van der Waals surface area (Å²) in [6, 6.07) is 22.0. The normalized spacial score (nSPS) is 11.5. The van der Waals surface area contributed by atoms with Crippen LogP contribution in [0.5, 0.6) is 0 Å². The molecule has 4 rings (SSSR count). The molecule has 2 N–H and O–H groups in total. The first-order chi connectivity index (χ1) is 13.9. The molecule has 4 aromatic rings. The number of nitrogens with one attached hydrogen (secondary N) is 2. The summed E-state index contributed by atoms with van der Waals surface area (Å²) < 4.78 is 30.2. The number of benzene rings is 3. The molecule has 0 aliphatic heterocycles. The van der Waals surface area contributed by atoms with Crippen molar-refractivity contribution < 1.29 is 8.42 Å². The van der Waals surface area contributed by atoms with E-state index in [1.807, 2.05) is 61.0 Å². The summed E-state index contributed by atoms with van der Waals surface area (Å²) in [6.45, 7) is 2.36. The minimum atomic E-state index is -3.66. The molecular weight excluding hydrogens is 384 g/mol. The van der Waals surface area contributed by atoms with Gasteiger partial charge in [0.25, 0.3) is 10.0 Å². The number of anilines is 2. The second kappa shape index (κ2) is 7.60. The fraction of sp³-hybridized carbons (Fsp3) is 0.136. The molecule has 1 heterocycles. The Kier molecular flexibility index (Phi) is 4.98. The minimum Gasteiger partial charge on any atom is -0.351 e. The third-order valence-electron chi connectivity index (χ3n) is 4.82. The van der Waals surface area contributed by atoms with Gasteiger partial charge < -0.3 is 9.88 Å². The molecule has 0 unspecified atom stereocenters. The van der Waals surface area contributed by atoms with Crippen LogP contribution in [0.4, 0.5) is 11.6 Å². The largest absolute Gasteiger partial charge is 0.351 e. The Morgan fingerprint density at radius 2 is 1.62 bits per heavy atom. The molecule has 0 saturated carbocycles. The molecule has 6 nitrogen and oxygen atoms in total. The van der Waals surface area contributed by atoms with Crippen LogP contribution in [0.25, 0.3) is 11.0 Å². The SMILES string of the molecule is Cc1ccc(S(=O)(=O)Nc2ccccc2CNc2nc3ccccc3n2C)cc1. The molecule has 0 aliphatic carbocycles. The smallest absolute Gasteiger partial charge is 0.261 e. The van der Waals surface area contributed by atoms with E-state index < -0.39 is 10.0 Å². The highest BCUT2D eigenvalue weighted by molar-refractivity contribution is 7.92. The first kappa shape index (κ1) is 19.0. The van der Waals surface area contributed by atoms with E-state index in [0.29, 0.717) is 12.2 Å². The van der Waals surface area contributed by atoms with Crippen LogP contribution in [0.3, 0.4) is 0 Å². The second-order valence-corrected chi connectivity index (χ2v) is 8.59. The van der Waals surface area contributed by atoms with Crippen molar-refractivity contribution in [1.82, 2.24) is 9.55 Å². The maximum atomic E-state index is 12.8. The van der Waals surface area contributed by atoms with Crippen LogP contribution in [0.2, 0.25) is 0 Å². The zero-order valence-corrected chi connectivity index (χ0v) is 17.1. The summed E-state index contributed by atoms with van der Waals surface area (Å²) in [6.07, 6.45) is 0. The van der Waals surface area contributed by atoms with Gasteiger partial charge in [-0.3, -0.25) is 4.72 Å². The molecule has 1 aromatic heterocycles. The predicted octanol–water partition coefficient (Wildman–Crippen LogP) is 4.29. The van der Waals surface area contributed by atoms with Crippen LogP contribution in [-0.2, 0) is 23.6 Å². The number of aromatic nitrogens is 2. The van der Waals surface area contributed by atoms with E-state index in [1.54, 1.807) is 30.3 Å². The average Bonchev–Trinajstić information content (AvgIpc) is 3.03. The fourth-order valence-electron chi connectivity index (χ4n) is 3.17. The second-order valence-electron chi connectivity index (χ2n) is 6.91. The summed E-state index contributed by atoms with van der Waals surface area (Å²) in [5.41, 5.74) is 4.32. The van der Waals surface area contributed by atoms with Crippen molar-refractivity contribution in [3.8, 4) is 0 Å². The molecule has 0 atom stereocenters. The average molecular weight is 407 g/mol. The third kappa shape index (κ3) is 3.95. The Balaban J connectivity index is 1.56. The van der Waals surface area contributed by atoms with Gasteiger partial charge in [-0.1, -0.05) is 48.0 Å². The van der Waals surface area contributed by atoms with Crippen molar-refractivity contribution in [2.24, 2.45) is 7.05 Å². The molecule has 7 heteroatoms. The van der Waals surface area contributed by atoms with Crippen LogP contribution in [0.1, 0.15) is 11.1 Å². The molecule has 0 aliphatic rings. The quantitative estimate of drug-likeness (QED) is 0.501. The van der Waals surface area contributed by atoms with E-state index in [4.69, 9.17) is 0 Å². The molecule has 0 saturated heterocycles. The Hall–Kier alpha value is -3.32. The van der Waals surface area contributed by atoms with E-state index in [-0.39, 0.29) is 4.90 Å². The Bertz CT molecular complexity index is 1260. The van der Waals surface area contributed by atoms with Gasteiger partial charge in [-0.05, 0) is 42.8 Å². The number of para-hydroxylation sites is 3. The highest BCUT2D eigenvalue weighted by atomic mass is 32.2. The van der Waals surface area contributed by atoms with Gasteiger partial charge in [-0.15, -0.1) is 0 Å². The summed E-state index contributed by atoms with van der Waals surface area (Å²) in [7, 11) is -1.71. The Labute approximate surface area is 170 Å². The molecule has 0 bridgehead atoms. The Morgan fingerprint density at radius 3 is 2.38 bits per heavy atom. The van der Waals surface area contributed by atoms with Gasteiger partial charge in [0.05, 0.1) is 21.6 Å².